The van der Waals surface area contributed by atoms with E-state index in [2.05, 4.69) is 15.6 Å². The van der Waals surface area contributed by atoms with Crippen molar-refractivity contribution in [3.05, 3.63) is 36.0 Å². The van der Waals surface area contributed by atoms with Crippen molar-refractivity contribution in [1.29, 1.82) is 0 Å². The van der Waals surface area contributed by atoms with Gasteiger partial charge in [-0.2, -0.15) is 0 Å². The molecule has 30 heavy (non-hydrogen) atoms. The molecule has 0 radical (unpaired) electrons. The van der Waals surface area contributed by atoms with Gasteiger partial charge in [0, 0.05) is 23.5 Å². The van der Waals surface area contributed by atoms with Gasteiger partial charge in [0.15, 0.2) is 0 Å². The fourth-order valence-corrected chi connectivity index (χ4v) is 3.15. The van der Waals surface area contributed by atoms with E-state index >= 15 is 0 Å². The number of nitrogens with one attached hydrogen (secondary N) is 3. The van der Waals surface area contributed by atoms with Crippen molar-refractivity contribution in [2.45, 2.75) is 57.8 Å². The number of nitrogens with two attached hydrogens (primary N) is 1. The maximum atomic E-state index is 13.0. The number of carboxylic acids is 1. The number of benzene rings is 1. The second-order valence-electron chi connectivity index (χ2n) is 7.60. The number of hydrogen-bond donors (Lipinski definition) is 6. The van der Waals surface area contributed by atoms with E-state index in [1.807, 2.05) is 31.2 Å². The Morgan fingerprint density at radius 2 is 1.80 bits per heavy atom. The summed E-state index contributed by atoms with van der Waals surface area (Å²) in [6, 6.07) is 4.15. The second-order valence-corrected chi connectivity index (χ2v) is 7.60. The Bertz CT molecular complexity index is 894. The molecule has 0 fully saturated rings. The fraction of sp³-hybridized carbons (Fsp3) is 0.476. The fourth-order valence-electron chi connectivity index (χ4n) is 3.15. The smallest absolute Gasteiger partial charge is 0.326 e. The number of aliphatic hydroxyl groups excluding tert-OH is 1. The molecule has 2 amide bonds. The summed E-state index contributed by atoms with van der Waals surface area (Å²) in [4.78, 5) is 40.1. The third-order valence-electron chi connectivity index (χ3n) is 5.33. The number of carbonyl (C=O) groups is 3. The molecule has 1 aromatic carbocycles. The number of aromatic amines is 1. The van der Waals surface area contributed by atoms with E-state index in [4.69, 9.17) is 5.73 Å². The summed E-state index contributed by atoms with van der Waals surface area (Å²) in [6.45, 7) is 4.94. The number of carbonyl (C=O) groups excluding carboxylic acids is 2. The van der Waals surface area contributed by atoms with E-state index in [1.165, 1.54) is 6.92 Å². The zero-order valence-electron chi connectivity index (χ0n) is 17.4. The standard InChI is InChI=1S/C21H30N4O5/c1-4-11(2)18(21(29)30)25-19(27)16(24-20(28)17(22)12(3)26)9-13-10-23-15-8-6-5-7-14(13)15/h5-8,10-12,16-18,23,26H,4,9,22H2,1-3H3,(H,24,28)(H,25,27)(H,29,30)/t11-,12+,16-,17-,18-/m0/s1. The lowest BCUT2D eigenvalue weighted by molar-refractivity contribution is -0.143. The van der Waals surface area contributed by atoms with Crippen LogP contribution in [-0.2, 0) is 20.8 Å². The number of para-hydroxylation sites is 1. The number of carboxylic acid groups (broad SMARTS) is 1. The van der Waals surface area contributed by atoms with Crippen LogP contribution in [0, 0.1) is 5.92 Å². The Kier molecular flexibility index (Phi) is 7.96. The van der Waals surface area contributed by atoms with Gasteiger partial charge in [-0.25, -0.2) is 4.79 Å². The molecule has 164 valence electrons. The van der Waals surface area contributed by atoms with Crippen LogP contribution in [0.3, 0.4) is 0 Å². The third kappa shape index (κ3) is 5.58. The Labute approximate surface area is 175 Å². The van der Waals surface area contributed by atoms with Crippen LogP contribution in [0.15, 0.2) is 30.5 Å². The molecule has 0 saturated heterocycles. The van der Waals surface area contributed by atoms with Crippen molar-refractivity contribution in [2.24, 2.45) is 11.7 Å². The zero-order valence-corrected chi connectivity index (χ0v) is 17.4. The molecule has 2 aromatic rings. The maximum absolute atomic E-state index is 13.0. The van der Waals surface area contributed by atoms with Crippen LogP contribution in [0.25, 0.3) is 10.9 Å². The van der Waals surface area contributed by atoms with Crippen LogP contribution in [0.5, 0.6) is 0 Å². The van der Waals surface area contributed by atoms with Gasteiger partial charge in [-0.3, -0.25) is 9.59 Å². The summed E-state index contributed by atoms with van der Waals surface area (Å²) < 4.78 is 0. The monoisotopic (exact) mass is 418 g/mol. The molecule has 9 nitrogen and oxygen atoms in total. The summed E-state index contributed by atoms with van der Waals surface area (Å²) in [5.74, 6) is -2.76. The highest BCUT2D eigenvalue weighted by molar-refractivity contribution is 5.93. The minimum Gasteiger partial charge on any atom is -0.480 e. The molecule has 0 spiro atoms. The second kappa shape index (κ2) is 10.2. The van der Waals surface area contributed by atoms with Crippen molar-refractivity contribution in [3.63, 3.8) is 0 Å². The molecule has 1 heterocycles. The van der Waals surface area contributed by atoms with Crippen molar-refractivity contribution in [3.8, 4) is 0 Å². The number of aliphatic carboxylic acids is 1. The average molecular weight is 418 g/mol. The minimum absolute atomic E-state index is 0.126. The molecule has 9 heteroatoms. The quantitative estimate of drug-likeness (QED) is 0.330. The molecule has 0 unspecified atom stereocenters. The number of fused-ring (bicyclic) bond motifs is 1. The van der Waals surface area contributed by atoms with E-state index < -0.39 is 42.0 Å². The Morgan fingerprint density at radius 1 is 1.13 bits per heavy atom. The van der Waals surface area contributed by atoms with Crippen LogP contribution >= 0.6 is 0 Å². The highest BCUT2D eigenvalue weighted by Crippen LogP contribution is 2.19. The molecule has 1 aromatic heterocycles. The first-order chi connectivity index (χ1) is 14.1. The number of hydrogen-bond acceptors (Lipinski definition) is 5. The summed E-state index contributed by atoms with van der Waals surface area (Å²) in [5.41, 5.74) is 7.36. The topological polar surface area (TPSA) is 158 Å². The van der Waals surface area contributed by atoms with Crippen LogP contribution in [-0.4, -0.2) is 57.2 Å². The normalized spacial score (nSPS) is 16.3. The first kappa shape index (κ1) is 23.4. The van der Waals surface area contributed by atoms with Crippen molar-refractivity contribution in [2.75, 3.05) is 0 Å². The van der Waals surface area contributed by atoms with Gasteiger partial charge in [-0.15, -0.1) is 0 Å². The van der Waals surface area contributed by atoms with Gasteiger partial charge in [0.1, 0.15) is 18.1 Å². The van der Waals surface area contributed by atoms with Crippen molar-refractivity contribution < 1.29 is 24.6 Å². The van der Waals surface area contributed by atoms with Crippen molar-refractivity contribution in [1.82, 2.24) is 15.6 Å². The summed E-state index contributed by atoms with van der Waals surface area (Å²) >= 11 is 0. The van der Waals surface area contributed by atoms with E-state index in [0.717, 1.165) is 16.5 Å². The molecule has 5 atom stereocenters. The molecular formula is C21H30N4O5. The third-order valence-corrected chi connectivity index (χ3v) is 5.33. The largest absolute Gasteiger partial charge is 0.480 e. The first-order valence-corrected chi connectivity index (χ1v) is 9.97. The Balaban J connectivity index is 2.29. The van der Waals surface area contributed by atoms with Crippen LogP contribution < -0.4 is 16.4 Å². The predicted molar refractivity (Wildman–Crippen MR) is 113 cm³/mol. The molecule has 0 saturated carbocycles. The number of rotatable bonds is 10. The minimum atomic E-state index is -1.21. The number of amides is 2. The lowest BCUT2D eigenvalue weighted by Crippen LogP contribution is -2.57. The first-order valence-electron chi connectivity index (χ1n) is 9.97. The highest BCUT2D eigenvalue weighted by Gasteiger charge is 2.31. The summed E-state index contributed by atoms with van der Waals surface area (Å²) in [7, 11) is 0. The van der Waals surface area contributed by atoms with E-state index in [9.17, 15) is 24.6 Å². The summed E-state index contributed by atoms with van der Waals surface area (Å²) in [5, 5.41) is 25.1. The zero-order chi connectivity index (χ0) is 22.4. The lowest BCUT2D eigenvalue weighted by Gasteiger charge is -2.25. The highest BCUT2D eigenvalue weighted by atomic mass is 16.4. The molecule has 0 aliphatic heterocycles. The molecular weight excluding hydrogens is 388 g/mol. The van der Waals surface area contributed by atoms with Gasteiger partial charge in [0.2, 0.25) is 11.8 Å². The van der Waals surface area contributed by atoms with Crippen LogP contribution in [0.4, 0.5) is 0 Å². The maximum Gasteiger partial charge on any atom is 0.326 e. The number of H-pyrrole nitrogens is 1. The SMILES string of the molecule is CC[C@H](C)[C@H](NC(=O)[C@H](Cc1c[nH]c2ccccc12)NC(=O)[C@@H](N)[C@@H](C)O)C(=O)O. The number of aliphatic hydroxyl groups is 1. The summed E-state index contributed by atoms with van der Waals surface area (Å²) in [6.07, 6.45) is 1.33. The van der Waals surface area contributed by atoms with Crippen LogP contribution in [0.1, 0.15) is 32.8 Å². The van der Waals surface area contributed by atoms with Gasteiger partial charge in [-0.1, -0.05) is 38.5 Å². The number of aromatic nitrogens is 1. The van der Waals surface area contributed by atoms with Gasteiger partial charge < -0.3 is 31.6 Å². The van der Waals surface area contributed by atoms with Gasteiger partial charge in [-0.05, 0) is 24.5 Å². The molecule has 2 rings (SSSR count). The average Bonchev–Trinajstić information content (AvgIpc) is 3.12. The Hall–Kier alpha value is -2.91. The van der Waals surface area contributed by atoms with E-state index in [1.54, 1.807) is 13.1 Å². The Morgan fingerprint density at radius 3 is 2.40 bits per heavy atom. The van der Waals surface area contributed by atoms with E-state index in [-0.39, 0.29) is 12.3 Å². The van der Waals surface area contributed by atoms with E-state index in [0.29, 0.717) is 6.42 Å². The van der Waals surface area contributed by atoms with Crippen LogP contribution in [0.2, 0.25) is 0 Å². The molecule has 0 bridgehead atoms. The lowest BCUT2D eigenvalue weighted by atomic mass is 9.98. The van der Waals surface area contributed by atoms with Crippen molar-refractivity contribution >= 4 is 28.7 Å². The molecule has 0 aliphatic carbocycles. The van der Waals surface area contributed by atoms with Gasteiger partial charge >= 0.3 is 5.97 Å². The van der Waals surface area contributed by atoms with Gasteiger partial charge in [0.05, 0.1) is 6.10 Å². The molecule has 0 aliphatic rings. The molecule has 7 N–H and O–H groups in total. The predicted octanol–water partition coefficient (Wildman–Crippen LogP) is 0.519. The van der Waals surface area contributed by atoms with Gasteiger partial charge in [0.25, 0.3) is 0 Å².